The molecule has 0 bridgehead atoms. The van der Waals surface area contributed by atoms with Crippen molar-refractivity contribution in [1.29, 1.82) is 0 Å². The third-order valence-electron chi connectivity index (χ3n) is 3.10. The summed E-state index contributed by atoms with van der Waals surface area (Å²) >= 11 is 16.0. The number of hydrogen-bond donors (Lipinski definition) is 2. The zero-order valence-corrected chi connectivity index (χ0v) is 15.8. The van der Waals surface area contributed by atoms with E-state index in [4.69, 9.17) is 23.2 Å². The Labute approximate surface area is 151 Å². The van der Waals surface area contributed by atoms with Gasteiger partial charge in [0.2, 0.25) is 0 Å². The van der Waals surface area contributed by atoms with Gasteiger partial charge in [0.15, 0.2) is 0 Å². The molecule has 0 aliphatic heterocycles. The maximum atomic E-state index is 9.48. The molecule has 3 aromatic rings. The first-order chi connectivity index (χ1) is 10.5. The first kappa shape index (κ1) is 16.0. The predicted molar refractivity (Wildman–Crippen MR) is 95.3 cm³/mol. The van der Waals surface area contributed by atoms with E-state index < -0.39 is 0 Å². The molecular formula is C16H9BrCl2O2Se. The van der Waals surface area contributed by atoms with Gasteiger partial charge in [0.25, 0.3) is 0 Å². The minimum atomic E-state index is 0.0139. The third kappa shape index (κ3) is 3.08. The summed E-state index contributed by atoms with van der Waals surface area (Å²) in [4.78, 5) is 0. The predicted octanol–water partition coefficient (Wildman–Crippen LogP) is 5.56. The van der Waals surface area contributed by atoms with Gasteiger partial charge in [-0.05, 0) is 0 Å². The molecule has 0 amide bonds. The van der Waals surface area contributed by atoms with Crippen LogP contribution in [0.4, 0.5) is 0 Å². The Morgan fingerprint density at radius 2 is 1.36 bits per heavy atom. The van der Waals surface area contributed by atoms with Crippen LogP contribution in [0.1, 0.15) is 0 Å². The molecule has 0 spiro atoms. The van der Waals surface area contributed by atoms with Crippen LogP contribution in [0.15, 0.2) is 46.9 Å². The quantitative estimate of drug-likeness (QED) is 0.489. The van der Waals surface area contributed by atoms with Crippen LogP contribution in [0.5, 0.6) is 11.5 Å². The van der Waals surface area contributed by atoms with E-state index in [0.29, 0.717) is 10.0 Å². The zero-order chi connectivity index (χ0) is 15.9. The first-order valence-electron chi connectivity index (χ1n) is 6.23. The van der Waals surface area contributed by atoms with Crippen molar-refractivity contribution in [3.05, 3.63) is 57.0 Å². The van der Waals surface area contributed by atoms with Crippen LogP contribution >= 0.6 is 39.1 Å². The van der Waals surface area contributed by atoms with Gasteiger partial charge < -0.3 is 0 Å². The van der Waals surface area contributed by atoms with Crippen LogP contribution in [0.25, 0.3) is 20.0 Å². The van der Waals surface area contributed by atoms with Crippen LogP contribution in [0, 0.1) is 0 Å². The van der Waals surface area contributed by atoms with E-state index in [-0.39, 0.29) is 26.0 Å². The summed E-state index contributed by atoms with van der Waals surface area (Å²) in [5, 5.41) is 20.0. The Bertz CT molecular complexity index is 861. The van der Waals surface area contributed by atoms with E-state index >= 15 is 0 Å². The summed E-state index contributed by atoms with van der Waals surface area (Å²) in [5.41, 5.74) is 1.80. The Kier molecular flexibility index (Phi) is 4.58. The van der Waals surface area contributed by atoms with Gasteiger partial charge >= 0.3 is 152 Å². The number of phenols is 2. The van der Waals surface area contributed by atoms with Crippen molar-refractivity contribution in [1.82, 2.24) is 0 Å². The van der Waals surface area contributed by atoms with Crippen LogP contribution < -0.4 is 0 Å². The molecule has 0 unspecified atom stereocenters. The fourth-order valence-electron chi connectivity index (χ4n) is 2.08. The van der Waals surface area contributed by atoms with Gasteiger partial charge in [0.05, 0.1) is 0 Å². The van der Waals surface area contributed by atoms with Gasteiger partial charge in [-0.25, -0.2) is 0 Å². The number of benzene rings is 2. The molecule has 3 rings (SSSR count). The molecule has 1 heterocycles. The van der Waals surface area contributed by atoms with Crippen molar-refractivity contribution in [2.45, 2.75) is 0 Å². The van der Waals surface area contributed by atoms with Gasteiger partial charge in [-0.3, -0.25) is 0 Å². The number of aromatic hydroxyl groups is 2. The maximum absolute atomic E-state index is 9.48. The molecule has 6 heteroatoms. The average molecular weight is 463 g/mol. The molecule has 2 nitrogen and oxygen atoms in total. The molecule has 0 radical (unpaired) electrons. The zero-order valence-electron chi connectivity index (χ0n) is 11.0. The molecule has 0 saturated carbocycles. The van der Waals surface area contributed by atoms with Crippen molar-refractivity contribution >= 4 is 53.6 Å². The number of halogens is 3. The molecule has 0 atom stereocenters. The van der Waals surface area contributed by atoms with Crippen LogP contribution in [0.2, 0.25) is 10.0 Å². The van der Waals surface area contributed by atoms with Crippen LogP contribution in [-0.2, 0) is 0 Å². The summed E-state index contributed by atoms with van der Waals surface area (Å²) in [6.07, 6.45) is 0. The topological polar surface area (TPSA) is 40.5 Å². The second-order valence-electron chi connectivity index (χ2n) is 4.62. The minimum absolute atomic E-state index is 0.0139. The standard InChI is InChI=1S/C16H9BrCl2O2Se/c17-12-7-15(10-3-1-8(20)5-13(10)18)22-16(12)11-4-2-9(21)6-14(11)19/h1-7,20-21H. The Balaban J connectivity index is 2.11. The van der Waals surface area contributed by atoms with E-state index in [9.17, 15) is 10.2 Å². The number of phenolic OH excluding ortho intramolecular Hbond substituents is 2. The van der Waals surface area contributed by atoms with E-state index in [1.807, 2.05) is 18.2 Å². The molecule has 2 N–H and O–H groups in total. The Hall–Kier alpha value is -0.901. The van der Waals surface area contributed by atoms with Gasteiger partial charge in [-0.2, -0.15) is 0 Å². The molecule has 2 aromatic carbocycles. The summed E-state index contributed by atoms with van der Waals surface area (Å²) in [7, 11) is 0. The molecule has 112 valence electrons. The van der Waals surface area contributed by atoms with Gasteiger partial charge in [-0.1, -0.05) is 0 Å². The normalized spacial score (nSPS) is 10.9. The number of hydrogen-bond acceptors (Lipinski definition) is 2. The molecular weight excluding hydrogens is 454 g/mol. The van der Waals surface area contributed by atoms with Crippen molar-refractivity contribution in [3.63, 3.8) is 0 Å². The Morgan fingerprint density at radius 3 is 1.91 bits per heavy atom. The SMILES string of the molecule is Oc1ccc(-c2cc(Br)c(-c3ccc(O)cc3Cl)[se]2)c(Cl)c1. The van der Waals surface area contributed by atoms with Crippen molar-refractivity contribution in [2.24, 2.45) is 0 Å². The fraction of sp³-hybridized carbons (Fsp3) is 0. The second kappa shape index (κ2) is 6.31. The summed E-state index contributed by atoms with van der Waals surface area (Å²) in [6.45, 7) is 0. The molecule has 0 fully saturated rings. The van der Waals surface area contributed by atoms with E-state index in [1.54, 1.807) is 12.1 Å². The van der Waals surface area contributed by atoms with Crippen molar-refractivity contribution in [2.75, 3.05) is 0 Å². The fourth-order valence-corrected chi connectivity index (χ4v) is 6.45. The van der Waals surface area contributed by atoms with Crippen molar-refractivity contribution in [3.8, 4) is 31.5 Å². The van der Waals surface area contributed by atoms with E-state index in [0.717, 1.165) is 24.5 Å². The molecule has 0 aliphatic rings. The summed E-state index contributed by atoms with van der Waals surface area (Å²) in [6, 6.07) is 12.0. The molecule has 1 aromatic heterocycles. The molecule has 0 saturated heterocycles. The Morgan fingerprint density at radius 1 is 0.818 bits per heavy atom. The monoisotopic (exact) mass is 462 g/mol. The summed E-state index contributed by atoms with van der Waals surface area (Å²) in [5.74, 6) is 0.291. The summed E-state index contributed by atoms with van der Waals surface area (Å²) < 4.78 is 3.15. The van der Waals surface area contributed by atoms with Gasteiger partial charge in [0, 0.05) is 0 Å². The third-order valence-corrected chi connectivity index (χ3v) is 7.46. The number of rotatable bonds is 2. The second-order valence-corrected chi connectivity index (χ2v) is 8.49. The molecule has 0 aliphatic carbocycles. The van der Waals surface area contributed by atoms with Crippen LogP contribution in [-0.4, -0.2) is 24.7 Å². The van der Waals surface area contributed by atoms with Gasteiger partial charge in [0.1, 0.15) is 0 Å². The van der Waals surface area contributed by atoms with Gasteiger partial charge in [-0.15, -0.1) is 0 Å². The van der Waals surface area contributed by atoms with E-state index in [2.05, 4.69) is 15.9 Å². The average Bonchev–Trinajstić information content (AvgIpc) is 2.80. The van der Waals surface area contributed by atoms with Crippen LogP contribution in [0.3, 0.4) is 0 Å². The molecule has 22 heavy (non-hydrogen) atoms. The first-order valence-corrected chi connectivity index (χ1v) is 9.49. The van der Waals surface area contributed by atoms with Crippen molar-refractivity contribution < 1.29 is 10.2 Å². The van der Waals surface area contributed by atoms with E-state index in [1.165, 1.54) is 12.1 Å².